The van der Waals surface area contributed by atoms with Crippen LogP contribution in [0.25, 0.3) is 0 Å². The number of fused-ring (bicyclic) bond motifs is 1. The summed E-state index contributed by atoms with van der Waals surface area (Å²) in [5, 5.41) is 6.54. The molecule has 3 heteroatoms. The number of para-hydroxylation sites is 2. The van der Waals surface area contributed by atoms with E-state index in [-0.39, 0.29) is 0 Å². The highest BCUT2D eigenvalue weighted by Gasteiger charge is 2.06. The normalized spacial score (nSPS) is 15.5. The fraction of sp³-hybridized carbons (Fsp3) is 0.222. The van der Waals surface area contributed by atoms with E-state index in [0.29, 0.717) is 0 Å². The average Bonchev–Trinajstić information content (AvgIpc) is 2.29. The van der Waals surface area contributed by atoms with Crippen molar-refractivity contribution in [1.29, 1.82) is 0 Å². The third-order valence-corrected chi connectivity index (χ3v) is 2.17. The van der Waals surface area contributed by atoms with E-state index >= 15 is 0 Å². The van der Waals surface area contributed by atoms with Gasteiger partial charge in [-0.2, -0.15) is 0 Å². The zero-order valence-corrected chi connectivity index (χ0v) is 7.45. The number of hydrogen-bond acceptors (Lipinski definition) is 3. The first-order chi connectivity index (χ1) is 5.86. The Morgan fingerprint density at radius 1 is 1.00 bits per heavy atom. The molecule has 1 aromatic rings. The van der Waals surface area contributed by atoms with Crippen LogP contribution in [0.5, 0.6) is 0 Å². The predicted molar refractivity (Wildman–Crippen MR) is 56.0 cm³/mol. The Balaban J connectivity index is 2.32. The molecule has 0 aromatic heterocycles. The highest BCUT2D eigenvalue weighted by Crippen LogP contribution is 2.21. The van der Waals surface area contributed by atoms with Crippen LogP contribution in [-0.2, 0) is 0 Å². The first kappa shape index (κ1) is 7.55. The molecule has 1 aromatic carbocycles. The summed E-state index contributed by atoms with van der Waals surface area (Å²) in [6.07, 6.45) is 0. The van der Waals surface area contributed by atoms with Crippen molar-refractivity contribution in [2.24, 2.45) is 0 Å². The number of hydrogen-bond donors (Lipinski definition) is 2. The quantitative estimate of drug-likeness (QED) is 0.593. The van der Waals surface area contributed by atoms with E-state index in [4.69, 9.17) is 12.2 Å². The Labute approximate surface area is 77.0 Å². The van der Waals surface area contributed by atoms with Crippen LogP contribution in [-0.4, -0.2) is 18.0 Å². The zero-order valence-electron chi connectivity index (χ0n) is 6.63. The van der Waals surface area contributed by atoms with Crippen LogP contribution in [0.2, 0.25) is 0 Å². The molecule has 12 heavy (non-hydrogen) atoms. The minimum atomic E-state index is 0.791. The van der Waals surface area contributed by atoms with Crippen molar-refractivity contribution in [2.75, 3.05) is 23.7 Å². The predicted octanol–water partition coefficient (Wildman–Crippen LogP) is 1.89. The molecule has 0 spiro atoms. The molecule has 2 nitrogen and oxygen atoms in total. The van der Waals surface area contributed by atoms with Crippen LogP contribution in [0.15, 0.2) is 24.3 Å². The molecule has 62 valence electrons. The van der Waals surface area contributed by atoms with Gasteiger partial charge in [0.25, 0.3) is 0 Å². The monoisotopic (exact) mass is 178 g/mol. The molecule has 1 aliphatic rings. The van der Waals surface area contributed by atoms with Gasteiger partial charge >= 0.3 is 0 Å². The van der Waals surface area contributed by atoms with E-state index in [1.54, 1.807) is 0 Å². The summed E-state index contributed by atoms with van der Waals surface area (Å²) in [5.41, 5.74) is 2.27. The van der Waals surface area contributed by atoms with Gasteiger partial charge in [-0.1, -0.05) is 24.4 Å². The van der Waals surface area contributed by atoms with Gasteiger partial charge in [0.2, 0.25) is 0 Å². The number of anilines is 2. The molecule has 0 unspecified atom stereocenters. The maximum absolute atomic E-state index is 5.11. The first-order valence-electron chi connectivity index (χ1n) is 3.95. The minimum Gasteiger partial charge on any atom is -0.379 e. The molecule has 0 atom stereocenters. The smallest absolute Gasteiger partial charge is 0.0578 e. The van der Waals surface area contributed by atoms with Crippen molar-refractivity contribution < 1.29 is 0 Å². The molecule has 0 aliphatic carbocycles. The summed E-state index contributed by atoms with van der Waals surface area (Å²) in [4.78, 5) is 1.02. The Morgan fingerprint density at radius 3 is 2.00 bits per heavy atom. The molecule has 0 bridgehead atoms. The van der Waals surface area contributed by atoms with Gasteiger partial charge in [0.15, 0.2) is 0 Å². The van der Waals surface area contributed by atoms with Crippen LogP contribution >= 0.6 is 12.2 Å². The molecular weight excluding hydrogens is 168 g/mol. The van der Waals surface area contributed by atoms with Crippen LogP contribution in [0, 0.1) is 0 Å². The molecule has 2 N–H and O–H groups in total. The molecule has 1 heterocycles. The Kier molecular flexibility index (Phi) is 1.96. The standard InChI is InChI=1S/C9H10N2S/c12-7-5-10-8-3-1-2-4-9(8)11-6-7/h1-4,10-11H,5-6H2. The van der Waals surface area contributed by atoms with E-state index in [0.717, 1.165) is 29.3 Å². The van der Waals surface area contributed by atoms with Crippen molar-refractivity contribution in [2.45, 2.75) is 0 Å². The second-order valence-corrected chi connectivity index (χ2v) is 3.37. The van der Waals surface area contributed by atoms with Crippen LogP contribution in [0.4, 0.5) is 11.4 Å². The number of rotatable bonds is 0. The van der Waals surface area contributed by atoms with Gasteiger partial charge in [-0.25, -0.2) is 0 Å². The second-order valence-electron chi connectivity index (χ2n) is 2.79. The van der Waals surface area contributed by atoms with Gasteiger partial charge in [-0.3, -0.25) is 0 Å². The lowest BCUT2D eigenvalue weighted by Crippen LogP contribution is -2.15. The Bertz CT molecular complexity index is 280. The van der Waals surface area contributed by atoms with Crippen LogP contribution in [0.3, 0.4) is 0 Å². The highest BCUT2D eigenvalue weighted by molar-refractivity contribution is 7.80. The number of nitrogens with one attached hydrogen (secondary N) is 2. The van der Waals surface area contributed by atoms with Gasteiger partial charge in [-0.05, 0) is 12.1 Å². The van der Waals surface area contributed by atoms with E-state index in [9.17, 15) is 0 Å². The van der Waals surface area contributed by atoms with Crippen molar-refractivity contribution in [3.05, 3.63) is 24.3 Å². The SMILES string of the molecule is S=C1CNc2ccccc2NC1. The van der Waals surface area contributed by atoms with Gasteiger partial charge < -0.3 is 10.6 Å². The molecular formula is C9H10N2S. The first-order valence-corrected chi connectivity index (χ1v) is 4.35. The summed E-state index contributed by atoms with van der Waals surface area (Å²) < 4.78 is 0. The van der Waals surface area contributed by atoms with Gasteiger partial charge in [0, 0.05) is 18.0 Å². The van der Waals surface area contributed by atoms with E-state index in [1.807, 2.05) is 12.1 Å². The molecule has 0 radical (unpaired) electrons. The lowest BCUT2D eigenvalue weighted by Gasteiger charge is -2.05. The lowest BCUT2D eigenvalue weighted by molar-refractivity contribution is 1.40. The summed E-state index contributed by atoms with van der Waals surface area (Å²) in [6, 6.07) is 8.14. The van der Waals surface area contributed by atoms with E-state index in [2.05, 4.69) is 22.8 Å². The molecule has 0 saturated heterocycles. The second kappa shape index (κ2) is 3.11. The van der Waals surface area contributed by atoms with E-state index in [1.165, 1.54) is 0 Å². The van der Waals surface area contributed by atoms with Crippen molar-refractivity contribution in [3.8, 4) is 0 Å². The summed E-state index contributed by atoms with van der Waals surface area (Å²) in [6.45, 7) is 1.58. The van der Waals surface area contributed by atoms with Crippen molar-refractivity contribution in [3.63, 3.8) is 0 Å². The maximum Gasteiger partial charge on any atom is 0.0578 e. The summed E-state index contributed by atoms with van der Waals surface area (Å²) >= 11 is 5.11. The fourth-order valence-corrected chi connectivity index (χ4v) is 1.39. The molecule has 1 aliphatic heterocycles. The summed E-state index contributed by atoms with van der Waals surface area (Å²) in [7, 11) is 0. The van der Waals surface area contributed by atoms with E-state index < -0.39 is 0 Å². The third-order valence-electron chi connectivity index (χ3n) is 1.88. The minimum absolute atomic E-state index is 0.791. The molecule has 0 amide bonds. The molecule has 0 fully saturated rings. The summed E-state index contributed by atoms with van der Waals surface area (Å²) in [5.74, 6) is 0. The molecule has 0 saturated carbocycles. The zero-order chi connectivity index (χ0) is 8.39. The maximum atomic E-state index is 5.11. The molecule has 2 rings (SSSR count). The number of benzene rings is 1. The van der Waals surface area contributed by atoms with Crippen molar-refractivity contribution in [1.82, 2.24) is 0 Å². The van der Waals surface area contributed by atoms with Gasteiger partial charge in [0.05, 0.1) is 11.4 Å². The lowest BCUT2D eigenvalue weighted by atomic mass is 10.3. The Hall–Kier alpha value is -1.09. The topological polar surface area (TPSA) is 24.1 Å². The Morgan fingerprint density at radius 2 is 1.50 bits per heavy atom. The highest BCUT2D eigenvalue weighted by atomic mass is 32.1. The average molecular weight is 178 g/mol. The van der Waals surface area contributed by atoms with Gasteiger partial charge in [-0.15, -0.1) is 0 Å². The van der Waals surface area contributed by atoms with Crippen molar-refractivity contribution >= 4 is 28.5 Å². The fourth-order valence-electron chi connectivity index (χ4n) is 1.24. The van der Waals surface area contributed by atoms with Crippen LogP contribution < -0.4 is 10.6 Å². The number of thiocarbonyl (C=S) groups is 1. The van der Waals surface area contributed by atoms with Crippen LogP contribution in [0.1, 0.15) is 0 Å². The van der Waals surface area contributed by atoms with Gasteiger partial charge in [0.1, 0.15) is 0 Å². The largest absolute Gasteiger partial charge is 0.379 e. The third kappa shape index (κ3) is 1.41.